The summed E-state index contributed by atoms with van der Waals surface area (Å²) in [7, 11) is 0. The largest absolute Gasteiger partial charge is 0.378 e. The third kappa shape index (κ3) is 3.96. The molecule has 2 aromatic carbocycles. The first-order chi connectivity index (χ1) is 9.10. The highest BCUT2D eigenvalue weighted by molar-refractivity contribution is 14.1. The third-order valence-electron chi connectivity index (χ3n) is 3.19. The number of benzene rings is 2. The van der Waals surface area contributed by atoms with E-state index in [0.29, 0.717) is 6.04 Å². The fourth-order valence-electron chi connectivity index (χ4n) is 2.00. The van der Waals surface area contributed by atoms with Crippen molar-refractivity contribution < 1.29 is 0 Å². The Balaban J connectivity index is 2.18. The maximum absolute atomic E-state index is 3.61. The molecule has 0 aliphatic carbocycles. The first-order valence-corrected chi connectivity index (χ1v) is 8.25. The number of halogens is 2. The molecule has 0 amide bonds. The predicted octanol–water partition coefficient (Wildman–Crippen LogP) is 5.93. The van der Waals surface area contributed by atoms with E-state index in [1.165, 1.54) is 20.4 Å². The Labute approximate surface area is 137 Å². The van der Waals surface area contributed by atoms with Crippen molar-refractivity contribution in [2.45, 2.75) is 26.3 Å². The quantitative estimate of drug-likeness (QED) is 0.594. The van der Waals surface area contributed by atoms with Crippen LogP contribution in [0.25, 0.3) is 0 Å². The van der Waals surface area contributed by atoms with Crippen LogP contribution < -0.4 is 5.32 Å². The summed E-state index contributed by atoms with van der Waals surface area (Å²) in [4.78, 5) is 0. The van der Waals surface area contributed by atoms with E-state index in [2.05, 4.69) is 100 Å². The van der Waals surface area contributed by atoms with Crippen LogP contribution in [-0.2, 0) is 0 Å². The Morgan fingerprint density at radius 2 is 1.84 bits per heavy atom. The zero-order chi connectivity index (χ0) is 13.8. The molecule has 0 saturated carbocycles. The molecule has 0 radical (unpaired) electrons. The lowest BCUT2D eigenvalue weighted by Crippen LogP contribution is -2.09. The van der Waals surface area contributed by atoms with Gasteiger partial charge in [0, 0.05) is 13.7 Å². The monoisotopic (exact) mass is 429 g/mol. The van der Waals surface area contributed by atoms with E-state index < -0.39 is 0 Å². The Morgan fingerprint density at radius 3 is 2.42 bits per heavy atom. The maximum atomic E-state index is 3.61. The second-order valence-electron chi connectivity index (χ2n) is 4.62. The zero-order valence-electron chi connectivity index (χ0n) is 11.1. The second kappa shape index (κ2) is 6.75. The van der Waals surface area contributed by atoms with Crippen molar-refractivity contribution in [1.82, 2.24) is 0 Å². The van der Waals surface area contributed by atoms with Gasteiger partial charge in [-0.1, -0.05) is 41.1 Å². The van der Waals surface area contributed by atoms with Crippen LogP contribution in [0.3, 0.4) is 0 Å². The second-order valence-corrected chi connectivity index (χ2v) is 6.70. The van der Waals surface area contributed by atoms with Crippen molar-refractivity contribution in [2.24, 2.45) is 0 Å². The van der Waals surface area contributed by atoms with Crippen molar-refractivity contribution in [3.63, 3.8) is 0 Å². The van der Waals surface area contributed by atoms with Gasteiger partial charge in [0.05, 0.1) is 6.04 Å². The Bertz CT molecular complexity index is 551. The van der Waals surface area contributed by atoms with E-state index >= 15 is 0 Å². The molecule has 1 nitrogen and oxygen atoms in total. The van der Waals surface area contributed by atoms with E-state index in [9.17, 15) is 0 Å². The zero-order valence-corrected chi connectivity index (χ0v) is 14.8. The van der Waals surface area contributed by atoms with Crippen molar-refractivity contribution in [3.05, 3.63) is 61.6 Å². The molecule has 2 aromatic rings. The Morgan fingerprint density at radius 1 is 1.16 bits per heavy atom. The minimum Gasteiger partial charge on any atom is -0.378 e. The average molecular weight is 430 g/mol. The van der Waals surface area contributed by atoms with Crippen LogP contribution in [0.15, 0.2) is 46.9 Å². The molecule has 100 valence electrons. The molecule has 0 saturated heterocycles. The molecule has 1 unspecified atom stereocenters. The van der Waals surface area contributed by atoms with Crippen LogP contribution in [0, 0.1) is 10.5 Å². The van der Waals surface area contributed by atoms with Crippen LogP contribution in [0.1, 0.15) is 30.5 Å². The van der Waals surface area contributed by atoms with Gasteiger partial charge in [-0.2, -0.15) is 0 Å². The summed E-state index contributed by atoms with van der Waals surface area (Å²) in [5.74, 6) is 0. The van der Waals surface area contributed by atoms with Gasteiger partial charge in [-0.05, 0) is 71.3 Å². The van der Waals surface area contributed by atoms with Crippen LogP contribution in [0.5, 0.6) is 0 Å². The van der Waals surface area contributed by atoms with Gasteiger partial charge >= 0.3 is 0 Å². The summed E-state index contributed by atoms with van der Waals surface area (Å²) >= 11 is 5.86. The molecule has 0 aliphatic rings. The molecule has 19 heavy (non-hydrogen) atoms. The molecule has 1 N–H and O–H groups in total. The van der Waals surface area contributed by atoms with Crippen LogP contribution in [0.2, 0.25) is 0 Å². The van der Waals surface area contributed by atoms with Gasteiger partial charge in [-0.25, -0.2) is 0 Å². The van der Waals surface area contributed by atoms with E-state index in [-0.39, 0.29) is 0 Å². The highest BCUT2D eigenvalue weighted by Crippen LogP contribution is 2.25. The van der Waals surface area contributed by atoms with E-state index in [0.717, 1.165) is 10.9 Å². The summed E-state index contributed by atoms with van der Waals surface area (Å²) < 4.78 is 2.42. The van der Waals surface area contributed by atoms with Crippen molar-refractivity contribution in [3.8, 4) is 0 Å². The van der Waals surface area contributed by atoms with Crippen molar-refractivity contribution in [2.75, 3.05) is 5.32 Å². The molecule has 0 spiro atoms. The fourth-order valence-corrected chi connectivity index (χ4v) is 2.78. The average Bonchev–Trinajstić information content (AvgIpc) is 2.41. The summed E-state index contributed by atoms with van der Waals surface area (Å²) in [6, 6.07) is 15.4. The third-order valence-corrected chi connectivity index (χ3v) is 4.88. The van der Waals surface area contributed by atoms with Crippen LogP contribution in [-0.4, -0.2) is 0 Å². The highest BCUT2D eigenvalue weighted by Gasteiger charge is 2.09. The van der Waals surface area contributed by atoms with Gasteiger partial charge in [-0.15, -0.1) is 0 Å². The SMILES string of the molecule is CCC(Nc1ccc(C)c(I)c1)c1ccc(Br)cc1. The van der Waals surface area contributed by atoms with Gasteiger partial charge < -0.3 is 5.32 Å². The van der Waals surface area contributed by atoms with Crippen LogP contribution in [0.4, 0.5) is 5.69 Å². The lowest BCUT2D eigenvalue weighted by molar-refractivity contribution is 0.749. The number of aryl methyl sites for hydroxylation is 1. The molecule has 0 aromatic heterocycles. The van der Waals surface area contributed by atoms with E-state index in [1.807, 2.05) is 0 Å². The van der Waals surface area contributed by atoms with Gasteiger partial charge in [-0.3, -0.25) is 0 Å². The molecular weight excluding hydrogens is 413 g/mol. The lowest BCUT2D eigenvalue weighted by atomic mass is 10.0. The summed E-state index contributed by atoms with van der Waals surface area (Å²) in [5, 5.41) is 3.61. The number of anilines is 1. The molecule has 3 heteroatoms. The molecule has 2 rings (SSSR count). The van der Waals surface area contributed by atoms with E-state index in [1.54, 1.807) is 0 Å². The van der Waals surface area contributed by atoms with Gasteiger partial charge in [0.25, 0.3) is 0 Å². The maximum Gasteiger partial charge on any atom is 0.0511 e. The number of nitrogens with one attached hydrogen (secondary N) is 1. The van der Waals surface area contributed by atoms with Gasteiger partial charge in [0.1, 0.15) is 0 Å². The first kappa shape index (κ1) is 14.9. The number of hydrogen-bond donors (Lipinski definition) is 1. The molecule has 0 bridgehead atoms. The topological polar surface area (TPSA) is 12.0 Å². The first-order valence-electron chi connectivity index (χ1n) is 6.38. The van der Waals surface area contributed by atoms with Crippen molar-refractivity contribution >= 4 is 44.2 Å². The smallest absolute Gasteiger partial charge is 0.0511 e. The number of hydrogen-bond acceptors (Lipinski definition) is 1. The molecular formula is C16H17BrIN. The lowest BCUT2D eigenvalue weighted by Gasteiger charge is -2.19. The standard InChI is InChI=1S/C16H17BrIN/c1-3-16(12-5-7-13(17)8-6-12)19-14-9-4-11(2)15(18)10-14/h4-10,16,19H,3H2,1-2H3. The van der Waals surface area contributed by atoms with Gasteiger partial charge in [0.15, 0.2) is 0 Å². The molecule has 0 heterocycles. The fraction of sp³-hybridized carbons (Fsp3) is 0.250. The summed E-state index contributed by atoms with van der Waals surface area (Å²) in [6.45, 7) is 4.34. The molecule has 0 fully saturated rings. The Hall–Kier alpha value is -0.550. The molecule has 0 aliphatic heterocycles. The molecule has 1 atom stereocenters. The number of rotatable bonds is 4. The minimum absolute atomic E-state index is 0.353. The van der Waals surface area contributed by atoms with Crippen LogP contribution >= 0.6 is 38.5 Å². The Kier molecular flexibility index (Phi) is 5.28. The summed E-state index contributed by atoms with van der Waals surface area (Å²) in [6.07, 6.45) is 1.06. The van der Waals surface area contributed by atoms with E-state index in [4.69, 9.17) is 0 Å². The minimum atomic E-state index is 0.353. The predicted molar refractivity (Wildman–Crippen MR) is 94.7 cm³/mol. The highest BCUT2D eigenvalue weighted by atomic mass is 127. The van der Waals surface area contributed by atoms with Crippen molar-refractivity contribution in [1.29, 1.82) is 0 Å². The summed E-state index contributed by atoms with van der Waals surface area (Å²) in [5.41, 5.74) is 3.83. The van der Waals surface area contributed by atoms with Gasteiger partial charge in [0.2, 0.25) is 0 Å². The normalized spacial score (nSPS) is 12.2.